The second-order valence-electron chi connectivity index (χ2n) is 5.16. The van der Waals surface area contributed by atoms with E-state index in [-0.39, 0.29) is 5.56 Å². The molecular formula is C15H15FN2O3S2. The first kappa shape index (κ1) is 16.1. The molecule has 1 aliphatic rings. The van der Waals surface area contributed by atoms with Gasteiger partial charge in [-0.05, 0) is 36.1 Å². The van der Waals surface area contributed by atoms with E-state index in [1.54, 1.807) is 0 Å². The third kappa shape index (κ3) is 3.29. The number of carbonyl (C=O) groups is 1. The molecule has 122 valence electrons. The van der Waals surface area contributed by atoms with Crippen molar-refractivity contribution in [2.75, 3.05) is 13.1 Å². The van der Waals surface area contributed by atoms with E-state index in [0.717, 1.165) is 23.4 Å². The van der Waals surface area contributed by atoms with E-state index < -0.39 is 26.6 Å². The van der Waals surface area contributed by atoms with Crippen molar-refractivity contribution in [1.82, 2.24) is 9.62 Å². The number of nitrogens with zero attached hydrogens (tertiary/aromatic N) is 1. The average Bonchev–Trinajstić information content (AvgIpc) is 2.96. The van der Waals surface area contributed by atoms with E-state index in [2.05, 4.69) is 5.32 Å². The molecule has 0 atom stereocenters. The molecule has 0 aliphatic carbocycles. The summed E-state index contributed by atoms with van der Waals surface area (Å²) in [5.74, 6) is -1.27. The van der Waals surface area contributed by atoms with Gasteiger partial charge < -0.3 is 5.32 Å². The third-order valence-electron chi connectivity index (χ3n) is 3.63. The number of sulfonamides is 1. The van der Waals surface area contributed by atoms with Crippen LogP contribution < -0.4 is 5.32 Å². The Morgan fingerprint density at radius 1 is 1.30 bits per heavy atom. The number of hydrogen-bond acceptors (Lipinski definition) is 4. The Bertz CT molecular complexity index is 815. The van der Waals surface area contributed by atoms with Crippen molar-refractivity contribution in [3.8, 4) is 0 Å². The molecule has 1 aromatic heterocycles. The molecule has 8 heteroatoms. The van der Waals surface area contributed by atoms with E-state index in [1.807, 2.05) is 17.5 Å². The van der Waals surface area contributed by atoms with Gasteiger partial charge in [0.05, 0.1) is 6.54 Å². The lowest BCUT2D eigenvalue weighted by Crippen LogP contribution is -2.42. The highest BCUT2D eigenvalue weighted by Crippen LogP contribution is 2.24. The van der Waals surface area contributed by atoms with Crippen molar-refractivity contribution >= 4 is 27.3 Å². The van der Waals surface area contributed by atoms with Crippen LogP contribution in [0.4, 0.5) is 4.39 Å². The smallest absolute Gasteiger partial charge is 0.251 e. The van der Waals surface area contributed by atoms with Gasteiger partial charge >= 0.3 is 0 Å². The standard InChI is InChI=1S/C15H15FN2O3S2/c16-13-5-4-11(15(19)17-10-12-3-1-8-22-12)9-14(13)23(20,21)18-6-2-7-18/h1,3-5,8-9H,2,6-7,10H2,(H,17,19). The second-order valence-corrected chi connectivity index (χ2v) is 8.10. The zero-order chi connectivity index (χ0) is 16.4. The summed E-state index contributed by atoms with van der Waals surface area (Å²) in [5, 5.41) is 4.60. The Morgan fingerprint density at radius 2 is 2.09 bits per heavy atom. The quantitative estimate of drug-likeness (QED) is 0.895. The number of halogens is 1. The monoisotopic (exact) mass is 354 g/mol. The summed E-state index contributed by atoms with van der Waals surface area (Å²) >= 11 is 1.51. The van der Waals surface area contributed by atoms with E-state index in [9.17, 15) is 17.6 Å². The summed E-state index contributed by atoms with van der Waals surface area (Å²) in [5.41, 5.74) is 0.127. The van der Waals surface area contributed by atoms with Gasteiger partial charge in [-0.2, -0.15) is 4.31 Å². The van der Waals surface area contributed by atoms with Crippen LogP contribution in [0.1, 0.15) is 21.7 Å². The lowest BCUT2D eigenvalue weighted by Gasteiger charge is -2.29. The predicted molar refractivity (Wildman–Crippen MR) is 85.3 cm³/mol. The lowest BCUT2D eigenvalue weighted by atomic mass is 10.2. The van der Waals surface area contributed by atoms with Gasteiger partial charge in [0.15, 0.2) is 0 Å². The molecule has 0 saturated carbocycles. The Hall–Kier alpha value is -1.77. The minimum absolute atomic E-state index is 0.127. The SMILES string of the molecule is O=C(NCc1cccs1)c1ccc(F)c(S(=O)(=O)N2CCC2)c1. The van der Waals surface area contributed by atoms with Crippen LogP contribution in [0, 0.1) is 5.82 Å². The molecule has 1 N–H and O–H groups in total. The fourth-order valence-electron chi connectivity index (χ4n) is 2.19. The Morgan fingerprint density at radius 3 is 2.70 bits per heavy atom. The highest BCUT2D eigenvalue weighted by Gasteiger charge is 2.32. The van der Waals surface area contributed by atoms with Crippen molar-refractivity contribution in [3.63, 3.8) is 0 Å². The van der Waals surface area contributed by atoms with Crippen LogP contribution >= 0.6 is 11.3 Å². The Kier molecular flexibility index (Phi) is 4.47. The van der Waals surface area contributed by atoms with Crippen molar-refractivity contribution < 1.29 is 17.6 Å². The van der Waals surface area contributed by atoms with E-state index in [4.69, 9.17) is 0 Å². The summed E-state index contributed by atoms with van der Waals surface area (Å²) in [7, 11) is -3.87. The number of carbonyl (C=O) groups excluding carboxylic acids is 1. The molecule has 5 nitrogen and oxygen atoms in total. The maximum absolute atomic E-state index is 13.9. The second kappa shape index (κ2) is 6.38. The van der Waals surface area contributed by atoms with Crippen LogP contribution in [0.2, 0.25) is 0 Å². The first-order valence-corrected chi connectivity index (χ1v) is 9.41. The minimum Gasteiger partial charge on any atom is -0.347 e. The maximum Gasteiger partial charge on any atom is 0.251 e. The first-order valence-electron chi connectivity index (χ1n) is 7.09. The van der Waals surface area contributed by atoms with Gasteiger partial charge in [0.2, 0.25) is 10.0 Å². The van der Waals surface area contributed by atoms with Crippen molar-refractivity contribution in [3.05, 3.63) is 52.0 Å². The molecule has 1 aromatic carbocycles. The summed E-state index contributed by atoms with van der Waals surface area (Å²) < 4.78 is 39.8. The molecule has 2 aromatic rings. The van der Waals surface area contributed by atoms with Crippen LogP contribution in [0.5, 0.6) is 0 Å². The molecule has 0 bridgehead atoms. The summed E-state index contributed by atoms with van der Waals surface area (Å²) in [6.07, 6.45) is 0.766. The normalized spacial score (nSPS) is 15.2. The fraction of sp³-hybridized carbons (Fsp3) is 0.267. The van der Waals surface area contributed by atoms with E-state index in [0.29, 0.717) is 19.6 Å². The van der Waals surface area contributed by atoms with Crippen molar-refractivity contribution in [2.45, 2.75) is 17.9 Å². The highest BCUT2D eigenvalue weighted by molar-refractivity contribution is 7.89. The Labute approximate surface area is 137 Å². The maximum atomic E-state index is 13.9. The third-order valence-corrected chi connectivity index (χ3v) is 6.42. The molecule has 3 rings (SSSR count). The first-order chi connectivity index (χ1) is 11.0. The zero-order valence-corrected chi connectivity index (χ0v) is 13.8. The molecule has 2 heterocycles. The number of thiophene rings is 1. The molecule has 0 unspecified atom stereocenters. The predicted octanol–water partition coefficient (Wildman–Crippen LogP) is 2.21. The molecular weight excluding hydrogens is 339 g/mol. The van der Waals surface area contributed by atoms with Gasteiger partial charge in [-0.1, -0.05) is 6.07 Å². The van der Waals surface area contributed by atoms with Gasteiger partial charge in [0.25, 0.3) is 5.91 Å². The summed E-state index contributed by atoms with van der Waals surface area (Å²) in [6.45, 7) is 1.12. The molecule has 1 aliphatic heterocycles. The minimum atomic E-state index is -3.87. The Balaban J connectivity index is 1.80. The van der Waals surface area contributed by atoms with Crippen molar-refractivity contribution in [2.24, 2.45) is 0 Å². The molecule has 0 spiro atoms. The number of nitrogens with one attached hydrogen (secondary N) is 1. The van der Waals surface area contributed by atoms with Crippen molar-refractivity contribution in [1.29, 1.82) is 0 Å². The van der Waals surface area contributed by atoms with Gasteiger partial charge in [-0.3, -0.25) is 4.79 Å². The van der Waals surface area contributed by atoms with Gasteiger partial charge in [0, 0.05) is 23.5 Å². The largest absolute Gasteiger partial charge is 0.347 e. The van der Waals surface area contributed by atoms with Crippen LogP contribution in [-0.4, -0.2) is 31.7 Å². The van der Waals surface area contributed by atoms with Crippen LogP contribution in [0.3, 0.4) is 0 Å². The molecule has 1 fully saturated rings. The fourth-order valence-corrected chi connectivity index (χ4v) is 4.44. The van der Waals surface area contributed by atoms with E-state index >= 15 is 0 Å². The average molecular weight is 354 g/mol. The topological polar surface area (TPSA) is 66.5 Å². The number of amides is 1. The van der Waals surface area contributed by atoms with Crippen LogP contribution in [0.15, 0.2) is 40.6 Å². The number of hydrogen-bond donors (Lipinski definition) is 1. The lowest BCUT2D eigenvalue weighted by molar-refractivity contribution is 0.0951. The zero-order valence-electron chi connectivity index (χ0n) is 12.2. The molecule has 1 amide bonds. The summed E-state index contributed by atoms with van der Waals surface area (Å²) in [6, 6.07) is 7.17. The molecule has 0 radical (unpaired) electrons. The molecule has 23 heavy (non-hydrogen) atoms. The number of benzene rings is 1. The van der Waals surface area contributed by atoms with Crippen LogP contribution in [0.25, 0.3) is 0 Å². The van der Waals surface area contributed by atoms with Gasteiger partial charge in [0.1, 0.15) is 10.7 Å². The van der Waals surface area contributed by atoms with Gasteiger partial charge in [-0.15, -0.1) is 11.3 Å². The van der Waals surface area contributed by atoms with Gasteiger partial charge in [-0.25, -0.2) is 12.8 Å². The summed E-state index contributed by atoms with van der Waals surface area (Å²) in [4.78, 5) is 12.7. The van der Waals surface area contributed by atoms with E-state index in [1.165, 1.54) is 21.7 Å². The highest BCUT2D eigenvalue weighted by atomic mass is 32.2. The molecule has 1 saturated heterocycles. The number of rotatable bonds is 5. The van der Waals surface area contributed by atoms with Crippen LogP contribution in [-0.2, 0) is 16.6 Å².